The predicted molar refractivity (Wildman–Crippen MR) is 109 cm³/mol. The van der Waals surface area contributed by atoms with E-state index in [0.717, 1.165) is 32.1 Å². The van der Waals surface area contributed by atoms with E-state index in [1.807, 2.05) is 0 Å². The molecule has 2 heterocycles. The summed E-state index contributed by atoms with van der Waals surface area (Å²) in [7, 11) is 1.42. The van der Waals surface area contributed by atoms with Gasteiger partial charge in [-0.25, -0.2) is 4.79 Å². The van der Waals surface area contributed by atoms with Crippen molar-refractivity contribution >= 4 is 23.8 Å². The maximum absolute atomic E-state index is 13.0. The van der Waals surface area contributed by atoms with Crippen LogP contribution in [0.15, 0.2) is 0 Å². The molecule has 5 amide bonds. The molecule has 1 saturated carbocycles. The highest BCUT2D eigenvalue weighted by Gasteiger charge is 2.38. The first-order valence-electron chi connectivity index (χ1n) is 10.9. The van der Waals surface area contributed by atoms with E-state index in [9.17, 15) is 19.2 Å². The van der Waals surface area contributed by atoms with Crippen LogP contribution in [0.5, 0.6) is 0 Å². The lowest BCUT2D eigenvalue weighted by Gasteiger charge is -2.41. The highest BCUT2D eigenvalue weighted by Crippen LogP contribution is 2.18. The standard InChI is InChI=1S/C20H33N5O5/c1-30-13-17(26)25-11-10-24(20(29)22-14-6-3-2-4-7-14)12-16(25)19(28)23-15-8-5-9-21-18(15)27/h14-16H,2-13H2,1H3,(H,21,27)(H,22,29)(H,23,28)/t15-,16-/m0/s1. The highest BCUT2D eigenvalue weighted by atomic mass is 16.5. The average Bonchev–Trinajstić information content (AvgIpc) is 2.75. The summed E-state index contributed by atoms with van der Waals surface area (Å²) in [6.07, 6.45) is 6.70. The Bertz CT molecular complexity index is 651. The molecular formula is C20H33N5O5. The summed E-state index contributed by atoms with van der Waals surface area (Å²) in [6.45, 7) is 1.15. The van der Waals surface area contributed by atoms with Crippen molar-refractivity contribution in [3.8, 4) is 0 Å². The summed E-state index contributed by atoms with van der Waals surface area (Å²) in [5.41, 5.74) is 0. The fourth-order valence-electron chi connectivity index (χ4n) is 4.39. The second-order valence-electron chi connectivity index (χ2n) is 8.26. The Morgan fingerprint density at radius 1 is 1.07 bits per heavy atom. The van der Waals surface area contributed by atoms with Crippen molar-refractivity contribution in [3.05, 3.63) is 0 Å². The number of urea groups is 1. The molecule has 0 unspecified atom stereocenters. The molecule has 168 valence electrons. The van der Waals surface area contributed by atoms with Crippen LogP contribution in [0.25, 0.3) is 0 Å². The molecule has 30 heavy (non-hydrogen) atoms. The molecule has 3 fully saturated rings. The molecule has 3 N–H and O–H groups in total. The molecule has 0 radical (unpaired) electrons. The first kappa shape index (κ1) is 22.3. The number of carbonyl (C=O) groups is 4. The van der Waals surface area contributed by atoms with Crippen LogP contribution < -0.4 is 16.0 Å². The van der Waals surface area contributed by atoms with Crippen LogP contribution >= 0.6 is 0 Å². The van der Waals surface area contributed by atoms with Crippen molar-refractivity contribution in [2.75, 3.05) is 39.9 Å². The van der Waals surface area contributed by atoms with Crippen LogP contribution in [0.2, 0.25) is 0 Å². The zero-order chi connectivity index (χ0) is 21.5. The maximum atomic E-state index is 13.0. The minimum Gasteiger partial charge on any atom is -0.375 e. The number of ether oxygens (including phenoxy) is 1. The first-order chi connectivity index (χ1) is 14.5. The van der Waals surface area contributed by atoms with Gasteiger partial charge in [-0.3, -0.25) is 14.4 Å². The topological polar surface area (TPSA) is 120 Å². The molecule has 0 aromatic heterocycles. The molecular weight excluding hydrogens is 390 g/mol. The van der Waals surface area contributed by atoms with E-state index in [1.54, 1.807) is 4.90 Å². The lowest BCUT2D eigenvalue weighted by atomic mass is 9.96. The summed E-state index contributed by atoms with van der Waals surface area (Å²) in [4.78, 5) is 53.3. The summed E-state index contributed by atoms with van der Waals surface area (Å²) in [5, 5.41) is 8.57. The van der Waals surface area contributed by atoms with Gasteiger partial charge in [-0.1, -0.05) is 19.3 Å². The second kappa shape index (κ2) is 10.6. The van der Waals surface area contributed by atoms with Crippen LogP contribution in [0.4, 0.5) is 4.79 Å². The number of hydrogen-bond donors (Lipinski definition) is 3. The fourth-order valence-corrected chi connectivity index (χ4v) is 4.39. The normalized spacial score (nSPS) is 25.4. The van der Waals surface area contributed by atoms with Crippen LogP contribution in [0.1, 0.15) is 44.9 Å². The minimum atomic E-state index is -0.853. The molecule has 2 saturated heterocycles. The third kappa shape index (κ3) is 5.62. The molecule has 0 aromatic rings. The molecule has 3 aliphatic rings. The van der Waals surface area contributed by atoms with Gasteiger partial charge in [0.05, 0.1) is 6.54 Å². The number of piperidine rings is 1. The van der Waals surface area contributed by atoms with E-state index in [1.165, 1.54) is 18.4 Å². The van der Waals surface area contributed by atoms with Crippen molar-refractivity contribution in [1.82, 2.24) is 25.8 Å². The van der Waals surface area contributed by atoms with Gasteiger partial charge < -0.3 is 30.5 Å². The molecule has 2 aliphatic heterocycles. The second-order valence-corrected chi connectivity index (χ2v) is 8.26. The van der Waals surface area contributed by atoms with E-state index < -0.39 is 18.0 Å². The van der Waals surface area contributed by atoms with Gasteiger partial charge in [0.2, 0.25) is 17.7 Å². The third-order valence-corrected chi connectivity index (χ3v) is 6.09. The van der Waals surface area contributed by atoms with Crippen molar-refractivity contribution in [1.29, 1.82) is 0 Å². The van der Waals surface area contributed by atoms with Gasteiger partial charge in [-0.2, -0.15) is 0 Å². The Morgan fingerprint density at radius 2 is 1.83 bits per heavy atom. The highest BCUT2D eigenvalue weighted by molar-refractivity contribution is 5.93. The van der Waals surface area contributed by atoms with E-state index in [2.05, 4.69) is 16.0 Å². The Morgan fingerprint density at radius 3 is 2.53 bits per heavy atom. The SMILES string of the molecule is COCC(=O)N1CCN(C(=O)NC2CCCCC2)C[C@H]1C(=O)N[C@H]1CCCNC1=O. The van der Waals surface area contributed by atoms with Gasteiger partial charge in [-0.15, -0.1) is 0 Å². The summed E-state index contributed by atoms with van der Waals surface area (Å²) in [6, 6.07) is -1.50. The van der Waals surface area contributed by atoms with E-state index >= 15 is 0 Å². The predicted octanol–water partition coefficient (Wildman–Crippen LogP) is -0.417. The molecule has 0 bridgehead atoms. The van der Waals surface area contributed by atoms with Crippen LogP contribution in [0, 0.1) is 0 Å². The van der Waals surface area contributed by atoms with Gasteiger partial charge in [0.15, 0.2) is 0 Å². The number of methoxy groups -OCH3 is 1. The Hall–Kier alpha value is -2.36. The van der Waals surface area contributed by atoms with Crippen LogP contribution in [-0.2, 0) is 19.1 Å². The minimum absolute atomic E-state index is 0.0914. The number of amides is 5. The van der Waals surface area contributed by atoms with Crippen LogP contribution in [-0.4, -0.2) is 91.6 Å². The summed E-state index contributed by atoms with van der Waals surface area (Å²) in [5.74, 6) is -0.943. The molecule has 2 atom stereocenters. The van der Waals surface area contributed by atoms with Crippen molar-refractivity contribution in [3.63, 3.8) is 0 Å². The zero-order valence-electron chi connectivity index (χ0n) is 17.7. The van der Waals surface area contributed by atoms with Crippen molar-refractivity contribution in [2.24, 2.45) is 0 Å². The van der Waals surface area contributed by atoms with Crippen molar-refractivity contribution in [2.45, 2.75) is 63.1 Å². The summed E-state index contributed by atoms with van der Waals surface area (Å²) >= 11 is 0. The van der Waals surface area contributed by atoms with Crippen LogP contribution in [0.3, 0.4) is 0 Å². The van der Waals surface area contributed by atoms with Gasteiger partial charge >= 0.3 is 6.03 Å². The number of rotatable bonds is 5. The summed E-state index contributed by atoms with van der Waals surface area (Å²) < 4.78 is 4.95. The Kier molecular flexibility index (Phi) is 7.89. The van der Waals surface area contributed by atoms with Gasteiger partial charge in [0.1, 0.15) is 18.7 Å². The quantitative estimate of drug-likeness (QED) is 0.555. The molecule has 0 aromatic carbocycles. The van der Waals surface area contributed by atoms with Crippen molar-refractivity contribution < 1.29 is 23.9 Å². The fraction of sp³-hybridized carbons (Fsp3) is 0.800. The third-order valence-electron chi connectivity index (χ3n) is 6.09. The average molecular weight is 424 g/mol. The Balaban J connectivity index is 1.65. The molecule has 10 nitrogen and oxygen atoms in total. The largest absolute Gasteiger partial charge is 0.375 e. The van der Waals surface area contributed by atoms with E-state index in [4.69, 9.17) is 4.74 Å². The monoisotopic (exact) mass is 423 g/mol. The lowest BCUT2D eigenvalue weighted by molar-refractivity contribution is -0.146. The van der Waals surface area contributed by atoms with E-state index in [0.29, 0.717) is 19.5 Å². The number of nitrogens with zero attached hydrogens (tertiary/aromatic N) is 2. The first-order valence-corrected chi connectivity index (χ1v) is 10.9. The molecule has 10 heteroatoms. The number of piperazine rings is 1. The van der Waals surface area contributed by atoms with E-state index in [-0.39, 0.29) is 43.6 Å². The maximum Gasteiger partial charge on any atom is 0.317 e. The smallest absolute Gasteiger partial charge is 0.317 e. The number of hydrogen-bond acceptors (Lipinski definition) is 5. The lowest BCUT2D eigenvalue weighted by Crippen LogP contribution is -2.65. The molecule has 3 rings (SSSR count). The van der Waals surface area contributed by atoms with Gasteiger partial charge in [-0.05, 0) is 25.7 Å². The number of nitrogens with one attached hydrogen (secondary N) is 3. The van der Waals surface area contributed by atoms with Gasteiger partial charge in [0.25, 0.3) is 0 Å². The van der Waals surface area contributed by atoms with Gasteiger partial charge in [0, 0.05) is 32.8 Å². The zero-order valence-corrected chi connectivity index (χ0v) is 17.7. The Labute approximate surface area is 177 Å². The molecule has 0 spiro atoms. The molecule has 1 aliphatic carbocycles. The number of carbonyl (C=O) groups excluding carboxylic acids is 4.